The summed E-state index contributed by atoms with van der Waals surface area (Å²) in [5.41, 5.74) is -0.493. The quantitative estimate of drug-likeness (QED) is 0.690. The van der Waals surface area contributed by atoms with Crippen molar-refractivity contribution in [3.05, 3.63) is 0 Å². The molecule has 1 saturated carbocycles. The SMILES string of the molecule is CC(C)(C)OC(=O)N1CC(=O)NC2CC2(C)C1. The first-order chi connectivity index (χ1) is 7.70. The van der Waals surface area contributed by atoms with E-state index in [0.29, 0.717) is 6.54 Å². The molecule has 2 atom stereocenters. The Hall–Kier alpha value is -1.26. The number of carbonyl (C=O) groups is 2. The molecular formula is C12H20N2O3. The van der Waals surface area contributed by atoms with Crippen molar-refractivity contribution in [2.75, 3.05) is 13.1 Å². The molecular weight excluding hydrogens is 220 g/mol. The lowest BCUT2D eigenvalue weighted by Crippen LogP contribution is -2.42. The van der Waals surface area contributed by atoms with Crippen molar-refractivity contribution in [3.63, 3.8) is 0 Å². The molecule has 17 heavy (non-hydrogen) atoms. The molecule has 1 heterocycles. The van der Waals surface area contributed by atoms with Crippen molar-refractivity contribution in [3.8, 4) is 0 Å². The van der Waals surface area contributed by atoms with Gasteiger partial charge in [0.15, 0.2) is 0 Å². The molecule has 2 amide bonds. The number of hydrogen-bond acceptors (Lipinski definition) is 3. The highest BCUT2D eigenvalue weighted by Gasteiger charge is 2.54. The standard InChI is InChI=1S/C12H20N2O3/c1-11(2,3)17-10(16)14-6-9(15)13-8-5-12(8,4)7-14/h8H,5-7H2,1-4H3,(H,13,15). The maximum absolute atomic E-state index is 11.9. The van der Waals surface area contributed by atoms with Gasteiger partial charge in [0.05, 0.1) is 0 Å². The number of carbonyl (C=O) groups excluding carboxylic acids is 2. The summed E-state index contributed by atoms with van der Waals surface area (Å²) < 4.78 is 5.30. The zero-order valence-electron chi connectivity index (χ0n) is 10.9. The van der Waals surface area contributed by atoms with E-state index in [0.717, 1.165) is 6.42 Å². The predicted octanol–water partition coefficient (Wildman–Crippen LogP) is 1.13. The van der Waals surface area contributed by atoms with Gasteiger partial charge in [-0.1, -0.05) is 6.92 Å². The minimum atomic E-state index is -0.524. The van der Waals surface area contributed by atoms with Crippen LogP contribution < -0.4 is 5.32 Å². The molecule has 0 aromatic heterocycles. The number of rotatable bonds is 0. The van der Waals surface area contributed by atoms with Crippen LogP contribution in [0.1, 0.15) is 34.1 Å². The van der Waals surface area contributed by atoms with E-state index in [1.54, 1.807) is 0 Å². The topological polar surface area (TPSA) is 58.6 Å². The Bertz CT molecular complexity index is 361. The normalized spacial score (nSPS) is 32.4. The predicted molar refractivity (Wildman–Crippen MR) is 62.5 cm³/mol. The summed E-state index contributed by atoms with van der Waals surface area (Å²) in [5.74, 6) is -0.0953. The summed E-state index contributed by atoms with van der Waals surface area (Å²) in [7, 11) is 0. The Morgan fingerprint density at radius 1 is 1.53 bits per heavy atom. The van der Waals surface area contributed by atoms with E-state index < -0.39 is 11.7 Å². The van der Waals surface area contributed by atoms with Crippen LogP contribution in [0.4, 0.5) is 4.79 Å². The van der Waals surface area contributed by atoms with E-state index in [4.69, 9.17) is 4.74 Å². The summed E-state index contributed by atoms with van der Waals surface area (Å²) in [6, 6.07) is 0.224. The van der Waals surface area contributed by atoms with Crippen LogP contribution >= 0.6 is 0 Å². The van der Waals surface area contributed by atoms with Gasteiger partial charge in [0.1, 0.15) is 12.1 Å². The maximum atomic E-state index is 11.9. The van der Waals surface area contributed by atoms with E-state index in [-0.39, 0.29) is 23.9 Å². The van der Waals surface area contributed by atoms with Crippen molar-refractivity contribution < 1.29 is 14.3 Å². The number of hydrogen-bond donors (Lipinski definition) is 1. The summed E-state index contributed by atoms with van der Waals surface area (Å²) in [6.45, 7) is 8.24. The molecule has 1 aliphatic heterocycles. The highest BCUT2D eigenvalue weighted by molar-refractivity contribution is 5.83. The molecule has 1 N–H and O–H groups in total. The van der Waals surface area contributed by atoms with Crippen molar-refractivity contribution in [1.82, 2.24) is 10.2 Å². The Labute approximate surface area is 101 Å². The minimum Gasteiger partial charge on any atom is -0.444 e. The first-order valence-electron chi connectivity index (χ1n) is 5.97. The molecule has 0 spiro atoms. The Morgan fingerprint density at radius 2 is 2.18 bits per heavy atom. The smallest absolute Gasteiger partial charge is 0.410 e. The molecule has 96 valence electrons. The third-order valence-corrected chi connectivity index (χ3v) is 3.23. The molecule has 2 fully saturated rings. The molecule has 0 aromatic rings. The zero-order valence-corrected chi connectivity index (χ0v) is 10.9. The van der Waals surface area contributed by atoms with E-state index in [9.17, 15) is 9.59 Å². The third-order valence-electron chi connectivity index (χ3n) is 3.23. The number of fused-ring (bicyclic) bond motifs is 1. The molecule has 1 aliphatic carbocycles. The monoisotopic (exact) mass is 240 g/mol. The van der Waals surface area contributed by atoms with Crippen LogP contribution in [0.2, 0.25) is 0 Å². The second-order valence-corrected chi connectivity index (χ2v) is 6.31. The highest BCUT2D eigenvalue weighted by Crippen LogP contribution is 2.47. The summed E-state index contributed by atoms with van der Waals surface area (Å²) >= 11 is 0. The fourth-order valence-corrected chi connectivity index (χ4v) is 2.17. The molecule has 2 rings (SSSR count). The van der Waals surface area contributed by atoms with Crippen molar-refractivity contribution in [2.45, 2.75) is 45.8 Å². The van der Waals surface area contributed by atoms with Gasteiger partial charge in [-0.2, -0.15) is 0 Å². The number of ether oxygens (including phenoxy) is 1. The maximum Gasteiger partial charge on any atom is 0.410 e. The fourth-order valence-electron chi connectivity index (χ4n) is 2.17. The van der Waals surface area contributed by atoms with E-state index in [1.165, 1.54) is 4.90 Å². The van der Waals surface area contributed by atoms with Crippen LogP contribution in [-0.2, 0) is 9.53 Å². The van der Waals surface area contributed by atoms with Gasteiger partial charge in [0, 0.05) is 18.0 Å². The zero-order chi connectivity index (χ0) is 12.8. The van der Waals surface area contributed by atoms with Crippen LogP contribution in [0.15, 0.2) is 0 Å². The summed E-state index contributed by atoms with van der Waals surface area (Å²) in [6.07, 6.45) is 0.541. The molecule has 5 heteroatoms. The lowest BCUT2D eigenvalue weighted by Gasteiger charge is -2.27. The second-order valence-electron chi connectivity index (χ2n) is 6.31. The van der Waals surface area contributed by atoms with Gasteiger partial charge in [-0.25, -0.2) is 4.79 Å². The van der Waals surface area contributed by atoms with Crippen LogP contribution in [-0.4, -0.2) is 41.6 Å². The van der Waals surface area contributed by atoms with Crippen molar-refractivity contribution in [1.29, 1.82) is 0 Å². The van der Waals surface area contributed by atoms with Crippen molar-refractivity contribution in [2.24, 2.45) is 5.41 Å². The molecule has 2 unspecified atom stereocenters. The fraction of sp³-hybridized carbons (Fsp3) is 0.833. The van der Waals surface area contributed by atoms with Crippen LogP contribution in [0, 0.1) is 5.41 Å². The van der Waals surface area contributed by atoms with Gasteiger partial charge in [-0.05, 0) is 27.2 Å². The lowest BCUT2D eigenvalue weighted by atomic mass is 10.1. The Morgan fingerprint density at radius 3 is 2.76 bits per heavy atom. The largest absolute Gasteiger partial charge is 0.444 e. The first kappa shape index (κ1) is 12.2. The molecule has 0 radical (unpaired) electrons. The minimum absolute atomic E-state index is 0.0308. The number of nitrogens with one attached hydrogen (secondary N) is 1. The van der Waals surface area contributed by atoms with Crippen LogP contribution in [0.3, 0.4) is 0 Å². The molecule has 0 bridgehead atoms. The van der Waals surface area contributed by atoms with E-state index in [1.807, 2.05) is 20.8 Å². The van der Waals surface area contributed by atoms with E-state index in [2.05, 4.69) is 12.2 Å². The van der Waals surface area contributed by atoms with Crippen molar-refractivity contribution >= 4 is 12.0 Å². The second kappa shape index (κ2) is 3.62. The summed E-state index contributed by atoms with van der Waals surface area (Å²) in [5, 5.41) is 2.92. The average Bonchev–Trinajstić information content (AvgIpc) is 2.72. The third kappa shape index (κ3) is 2.70. The van der Waals surface area contributed by atoms with Gasteiger partial charge in [-0.15, -0.1) is 0 Å². The lowest BCUT2D eigenvalue weighted by molar-refractivity contribution is -0.121. The van der Waals surface area contributed by atoms with Gasteiger partial charge in [0.25, 0.3) is 0 Å². The molecule has 2 aliphatic rings. The van der Waals surface area contributed by atoms with Gasteiger partial charge in [-0.3, -0.25) is 9.69 Å². The highest BCUT2D eigenvalue weighted by atomic mass is 16.6. The summed E-state index contributed by atoms with van der Waals surface area (Å²) in [4.78, 5) is 25.0. The molecule has 0 aromatic carbocycles. The van der Waals surface area contributed by atoms with Crippen LogP contribution in [0.25, 0.3) is 0 Å². The van der Waals surface area contributed by atoms with Gasteiger partial charge in [0.2, 0.25) is 5.91 Å². The Balaban J connectivity index is 2.04. The number of amides is 2. The van der Waals surface area contributed by atoms with Crippen LogP contribution in [0.5, 0.6) is 0 Å². The average molecular weight is 240 g/mol. The Kier molecular flexibility index (Phi) is 2.60. The van der Waals surface area contributed by atoms with Gasteiger partial charge < -0.3 is 10.1 Å². The molecule has 1 saturated heterocycles. The molecule has 5 nitrogen and oxygen atoms in total. The van der Waals surface area contributed by atoms with Gasteiger partial charge >= 0.3 is 6.09 Å². The first-order valence-corrected chi connectivity index (χ1v) is 5.97. The number of nitrogens with zero attached hydrogens (tertiary/aromatic N) is 1. The van der Waals surface area contributed by atoms with E-state index >= 15 is 0 Å².